The topological polar surface area (TPSA) is 64.0 Å². The van der Waals surface area contributed by atoms with Crippen molar-refractivity contribution in [3.63, 3.8) is 0 Å². The summed E-state index contributed by atoms with van der Waals surface area (Å²) in [4.78, 5) is 30.3. The lowest BCUT2D eigenvalue weighted by molar-refractivity contribution is 0.0949. The molecule has 0 unspecified atom stereocenters. The van der Waals surface area contributed by atoms with Crippen LogP contribution in [0.1, 0.15) is 28.5 Å². The van der Waals surface area contributed by atoms with Gasteiger partial charge in [-0.3, -0.25) is 9.59 Å². The number of thioether (sulfide) groups is 1. The van der Waals surface area contributed by atoms with Crippen LogP contribution in [0.5, 0.6) is 0 Å². The molecule has 1 aliphatic heterocycles. The minimum Gasteiger partial charge on any atom is -0.348 e. The minimum atomic E-state index is -0.398. The molecule has 28 heavy (non-hydrogen) atoms. The molecule has 0 aliphatic carbocycles. The summed E-state index contributed by atoms with van der Waals surface area (Å²) in [6.07, 6.45) is 1.64. The van der Waals surface area contributed by atoms with Crippen molar-refractivity contribution in [3.8, 4) is 11.8 Å². The van der Waals surface area contributed by atoms with Crippen molar-refractivity contribution in [3.05, 3.63) is 68.6 Å². The lowest BCUT2D eigenvalue weighted by Gasteiger charge is -2.20. The molecular formula is C21H16ClN3O2S. The monoisotopic (exact) mass is 409 g/mol. The number of hydrogen-bond acceptors (Lipinski definition) is 4. The molecule has 0 saturated carbocycles. The van der Waals surface area contributed by atoms with E-state index >= 15 is 0 Å². The van der Waals surface area contributed by atoms with E-state index in [2.05, 4.69) is 22.1 Å². The summed E-state index contributed by atoms with van der Waals surface area (Å²) < 4.78 is 1.94. The molecular weight excluding hydrogens is 394 g/mol. The summed E-state index contributed by atoms with van der Waals surface area (Å²) in [7, 11) is 0. The van der Waals surface area contributed by atoms with E-state index in [1.54, 1.807) is 43.1 Å². The van der Waals surface area contributed by atoms with E-state index in [0.29, 0.717) is 29.2 Å². The van der Waals surface area contributed by atoms with E-state index in [9.17, 15) is 9.59 Å². The van der Waals surface area contributed by atoms with Crippen LogP contribution in [0.3, 0.4) is 0 Å². The standard InChI is InChI=1S/C21H16ClN3O2S/c1-2-3-15-10-16-18-21(24-15)28-9-8-25(18)12-17(19(16)26)20(27)23-11-13-4-6-14(22)7-5-13/h4-7,10,12H,8-9,11H2,1H3,(H,23,27). The Bertz CT molecular complexity index is 1210. The summed E-state index contributed by atoms with van der Waals surface area (Å²) >= 11 is 7.49. The van der Waals surface area contributed by atoms with Gasteiger partial charge in [-0.25, -0.2) is 4.98 Å². The van der Waals surface area contributed by atoms with Crippen LogP contribution in [0.15, 0.2) is 46.3 Å². The molecule has 0 fully saturated rings. The number of nitrogens with zero attached hydrogens (tertiary/aromatic N) is 2. The first-order valence-corrected chi connectivity index (χ1v) is 10.1. The van der Waals surface area contributed by atoms with Gasteiger partial charge in [0, 0.05) is 30.1 Å². The highest BCUT2D eigenvalue weighted by atomic mass is 35.5. The van der Waals surface area contributed by atoms with Gasteiger partial charge < -0.3 is 9.88 Å². The van der Waals surface area contributed by atoms with Gasteiger partial charge in [0.05, 0.1) is 10.9 Å². The van der Waals surface area contributed by atoms with Crippen LogP contribution in [-0.2, 0) is 13.1 Å². The minimum absolute atomic E-state index is 0.126. The molecule has 5 nitrogen and oxygen atoms in total. The van der Waals surface area contributed by atoms with Gasteiger partial charge in [-0.05, 0) is 36.6 Å². The Kier molecular flexibility index (Phi) is 5.12. The van der Waals surface area contributed by atoms with E-state index in [0.717, 1.165) is 21.9 Å². The number of benzene rings is 1. The Labute approximate surface area is 171 Å². The third-order valence-corrected chi connectivity index (χ3v) is 5.65. The van der Waals surface area contributed by atoms with Crippen molar-refractivity contribution in [2.75, 3.05) is 5.75 Å². The molecule has 0 radical (unpaired) electrons. The maximum absolute atomic E-state index is 13.1. The maximum atomic E-state index is 13.1. The maximum Gasteiger partial charge on any atom is 0.257 e. The molecule has 4 rings (SSSR count). The molecule has 7 heteroatoms. The number of nitrogens with one attached hydrogen (secondary N) is 1. The van der Waals surface area contributed by atoms with Crippen molar-refractivity contribution in [1.29, 1.82) is 0 Å². The van der Waals surface area contributed by atoms with Gasteiger partial charge in [-0.1, -0.05) is 29.7 Å². The Morgan fingerprint density at radius 2 is 2.14 bits per heavy atom. The number of halogens is 1. The molecule has 3 heterocycles. The third-order valence-electron chi connectivity index (χ3n) is 4.46. The molecule has 0 saturated heterocycles. The second kappa shape index (κ2) is 7.70. The number of amides is 1. The number of aromatic nitrogens is 2. The predicted molar refractivity (Wildman–Crippen MR) is 112 cm³/mol. The van der Waals surface area contributed by atoms with Crippen molar-refractivity contribution in [1.82, 2.24) is 14.9 Å². The fourth-order valence-corrected chi connectivity index (χ4v) is 4.28. The number of rotatable bonds is 3. The Morgan fingerprint density at radius 1 is 1.36 bits per heavy atom. The van der Waals surface area contributed by atoms with E-state index < -0.39 is 5.91 Å². The third kappa shape index (κ3) is 3.51. The van der Waals surface area contributed by atoms with E-state index in [4.69, 9.17) is 11.6 Å². The van der Waals surface area contributed by atoms with Gasteiger partial charge in [0.2, 0.25) is 5.43 Å². The lowest BCUT2D eigenvalue weighted by atomic mass is 10.1. The van der Waals surface area contributed by atoms with Crippen molar-refractivity contribution in [2.24, 2.45) is 0 Å². The van der Waals surface area contributed by atoms with Gasteiger partial charge in [0.1, 0.15) is 16.3 Å². The summed E-state index contributed by atoms with van der Waals surface area (Å²) in [5.74, 6) is 6.15. The molecule has 0 atom stereocenters. The van der Waals surface area contributed by atoms with Crippen molar-refractivity contribution >= 4 is 40.2 Å². The number of carbonyl (C=O) groups is 1. The first-order valence-electron chi connectivity index (χ1n) is 8.73. The van der Waals surface area contributed by atoms with Crippen LogP contribution in [0.25, 0.3) is 10.9 Å². The molecule has 1 N–H and O–H groups in total. The molecule has 1 aliphatic rings. The van der Waals surface area contributed by atoms with Crippen LogP contribution >= 0.6 is 23.4 Å². The van der Waals surface area contributed by atoms with Crippen LogP contribution in [-0.4, -0.2) is 21.2 Å². The zero-order chi connectivity index (χ0) is 19.7. The van der Waals surface area contributed by atoms with Crippen LogP contribution < -0.4 is 10.7 Å². The van der Waals surface area contributed by atoms with Gasteiger partial charge in [-0.15, -0.1) is 11.8 Å². The highest BCUT2D eigenvalue weighted by molar-refractivity contribution is 7.99. The van der Waals surface area contributed by atoms with E-state index in [-0.39, 0.29) is 11.0 Å². The fraction of sp³-hybridized carbons (Fsp3) is 0.190. The smallest absolute Gasteiger partial charge is 0.257 e. The average molecular weight is 410 g/mol. The molecule has 1 amide bonds. The number of carbonyl (C=O) groups excluding carboxylic acids is 1. The van der Waals surface area contributed by atoms with Crippen molar-refractivity contribution in [2.45, 2.75) is 25.0 Å². The second-order valence-corrected chi connectivity index (χ2v) is 7.83. The first-order chi connectivity index (χ1) is 13.6. The molecule has 3 aromatic rings. The quantitative estimate of drug-likeness (QED) is 0.673. The Morgan fingerprint density at radius 3 is 2.89 bits per heavy atom. The SMILES string of the molecule is CC#Cc1cc2c(=O)c(C(=O)NCc3ccc(Cl)cc3)cn3c2c(n1)SCC3. The summed E-state index contributed by atoms with van der Waals surface area (Å²) in [6.45, 7) is 2.76. The Hall–Kier alpha value is -2.75. The zero-order valence-electron chi connectivity index (χ0n) is 15.1. The van der Waals surface area contributed by atoms with Gasteiger partial charge in [-0.2, -0.15) is 0 Å². The van der Waals surface area contributed by atoms with Gasteiger partial charge >= 0.3 is 0 Å². The van der Waals surface area contributed by atoms with E-state index in [1.165, 1.54) is 0 Å². The number of hydrogen-bond donors (Lipinski definition) is 1. The highest BCUT2D eigenvalue weighted by Gasteiger charge is 2.21. The largest absolute Gasteiger partial charge is 0.348 e. The first kappa shape index (κ1) is 18.6. The van der Waals surface area contributed by atoms with Gasteiger partial charge in [0.25, 0.3) is 5.91 Å². The van der Waals surface area contributed by atoms with Crippen LogP contribution in [0.2, 0.25) is 5.02 Å². The molecule has 2 aromatic heterocycles. The fourth-order valence-electron chi connectivity index (χ4n) is 3.14. The van der Waals surface area contributed by atoms with Crippen LogP contribution in [0, 0.1) is 11.8 Å². The second-order valence-electron chi connectivity index (χ2n) is 6.31. The highest BCUT2D eigenvalue weighted by Crippen LogP contribution is 2.30. The molecule has 1 aromatic carbocycles. The normalized spacial score (nSPS) is 12.4. The predicted octanol–water partition coefficient (Wildman–Crippen LogP) is 3.46. The molecule has 0 spiro atoms. The summed E-state index contributed by atoms with van der Waals surface area (Å²) in [5.41, 5.74) is 2.05. The lowest BCUT2D eigenvalue weighted by Crippen LogP contribution is -2.30. The van der Waals surface area contributed by atoms with Crippen molar-refractivity contribution < 1.29 is 4.79 Å². The number of pyridine rings is 2. The summed E-state index contributed by atoms with van der Waals surface area (Å²) in [5, 5.41) is 4.72. The molecule has 140 valence electrons. The Balaban J connectivity index is 1.73. The zero-order valence-corrected chi connectivity index (χ0v) is 16.7. The number of aryl methyl sites for hydroxylation is 1. The van der Waals surface area contributed by atoms with E-state index in [1.807, 2.05) is 16.7 Å². The summed E-state index contributed by atoms with van der Waals surface area (Å²) in [6, 6.07) is 8.88. The van der Waals surface area contributed by atoms with Crippen LogP contribution in [0.4, 0.5) is 0 Å². The molecule has 0 bridgehead atoms. The average Bonchev–Trinajstić information content (AvgIpc) is 2.70. The van der Waals surface area contributed by atoms with Gasteiger partial charge in [0.15, 0.2) is 0 Å².